The standard InChI is InChI=1S/C29H23FN2O4/c1-3-14-32-27(34)26-24(25(33)20-15-19(30)12-13-23(20)36-26)29(32)21-6-4-5-7-22(21)31(28(29)35)16-18-10-8-17(2)9-11-18/h4-13,15H,3,14,16H2,1-2H3. The van der Waals surface area contributed by atoms with Crippen LogP contribution in [0.2, 0.25) is 0 Å². The predicted molar refractivity (Wildman–Crippen MR) is 133 cm³/mol. The van der Waals surface area contributed by atoms with E-state index in [1.165, 1.54) is 17.0 Å². The maximum absolute atomic E-state index is 14.5. The lowest BCUT2D eigenvalue weighted by Gasteiger charge is -2.34. The second-order valence-electron chi connectivity index (χ2n) is 9.34. The molecule has 0 N–H and O–H groups in total. The number of carbonyl (C=O) groups excluding carboxylic acids is 2. The Balaban J connectivity index is 1.65. The summed E-state index contributed by atoms with van der Waals surface area (Å²) in [5.74, 6) is -1.67. The van der Waals surface area contributed by atoms with E-state index < -0.39 is 28.6 Å². The number of hydrogen-bond acceptors (Lipinski definition) is 4. The predicted octanol–water partition coefficient (Wildman–Crippen LogP) is 4.90. The van der Waals surface area contributed by atoms with Gasteiger partial charge < -0.3 is 14.2 Å². The van der Waals surface area contributed by atoms with E-state index in [0.717, 1.165) is 17.2 Å². The van der Waals surface area contributed by atoms with E-state index in [1.54, 1.807) is 17.0 Å². The summed E-state index contributed by atoms with van der Waals surface area (Å²) in [7, 11) is 0. The van der Waals surface area contributed by atoms with Crippen LogP contribution < -0.4 is 10.3 Å². The molecule has 3 heterocycles. The summed E-state index contributed by atoms with van der Waals surface area (Å²) in [6, 6.07) is 18.7. The van der Waals surface area contributed by atoms with Crippen LogP contribution in [0.15, 0.2) is 75.9 Å². The molecule has 7 heteroatoms. The zero-order valence-electron chi connectivity index (χ0n) is 19.9. The van der Waals surface area contributed by atoms with E-state index in [1.807, 2.05) is 50.2 Å². The summed E-state index contributed by atoms with van der Waals surface area (Å²) in [6.07, 6.45) is 0.567. The first-order chi connectivity index (χ1) is 17.4. The van der Waals surface area contributed by atoms with Gasteiger partial charge in [0.15, 0.2) is 11.0 Å². The Hall–Kier alpha value is -4.26. The van der Waals surface area contributed by atoms with Gasteiger partial charge in [-0.15, -0.1) is 0 Å². The third kappa shape index (κ3) is 2.86. The highest BCUT2D eigenvalue weighted by molar-refractivity contribution is 6.17. The summed E-state index contributed by atoms with van der Waals surface area (Å²) in [5.41, 5.74) is 1.02. The first-order valence-corrected chi connectivity index (χ1v) is 11.9. The molecule has 0 radical (unpaired) electrons. The molecule has 6 rings (SSSR count). The van der Waals surface area contributed by atoms with E-state index in [0.29, 0.717) is 17.7 Å². The van der Waals surface area contributed by atoms with Crippen molar-refractivity contribution in [2.75, 3.05) is 11.4 Å². The monoisotopic (exact) mass is 482 g/mol. The number of nitrogens with zero attached hydrogens (tertiary/aromatic N) is 2. The van der Waals surface area contributed by atoms with Crippen LogP contribution in [0.3, 0.4) is 0 Å². The largest absolute Gasteiger partial charge is 0.450 e. The van der Waals surface area contributed by atoms with Crippen molar-refractivity contribution in [3.05, 3.63) is 111 Å². The van der Waals surface area contributed by atoms with Gasteiger partial charge in [0.2, 0.25) is 5.76 Å². The Labute approximate surface area is 206 Å². The molecule has 36 heavy (non-hydrogen) atoms. The number of fused-ring (bicyclic) bond motifs is 5. The molecule has 1 atom stereocenters. The van der Waals surface area contributed by atoms with Gasteiger partial charge in [0.1, 0.15) is 11.4 Å². The summed E-state index contributed by atoms with van der Waals surface area (Å²) < 4.78 is 20.0. The summed E-state index contributed by atoms with van der Waals surface area (Å²) >= 11 is 0. The van der Waals surface area contributed by atoms with Crippen molar-refractivity contribution in [1.29, 1.82) is 0 Å². The van der Waals surface area contributed by atoms with Gasteiger partial charge in [0.05, 0.1) is 23.2 Å². The molecule has 1 aromatic heterocycles. The van der Waals surface area contributed by atoms with Crippen LogP contribution in [0.1, 0.15) is 46.2 Å². The number of para-hydroxylation sites is 1. The van der Waals surface area contributed by atoms with Crippen molar-refractivity contribution in [1.82, 2.24) is 4.90 Å². The molecule has 2 aliphatic rings. The van der Waals surface area contributed by atoms with Crippen molar-refractivity contribution in [2.24, 2.45) is 0 Å². The van der Waals surface area contributed by atoms with E-state index >= 15 is 0 Å². The van der Waals surface area contributed by atoms with Crippen LogP contribution in [0, 0.1) is 12.7 Å². The average molecular weight is 483 g/mol. The third-order valence-corrected chi connectivity index (χ3v) is 7.11. The fraction of sp³-hybridized carbons (Fsp3) is 0.207. The molecule has 1 unspecified atom stereocenters. The highest BCUT2D eigenvalue weighted by Crippen LogP contribution is 2.52. The van der Waals surface area contributed by atoms with Crippen molar-refractivity contribution in [3.8, 4) is 0 Å². The number of rotatable bonds is 4. The maximum Gasteiger partial charge on any atom is 0.291 e. The van der Waals surface area contributed by atoms with Gasteiger partial charge in [-0.05, 0) is 43.2 Å². The number of hydrogen-bond donors (Lipinski definition) is 0. The minimum Gasteiger partial charge on any atom is -0.450 e. The summed E-state index contributed by atoms with van der Waals surface area (Å²) in [5, 5.41) is 0.00143. The molecule has 2 amide bonds. The molecule has 2 aliphatic heterocycles. The minimum atomic E-state index is -1.68. The number of anilines is 1. The molecule has 4 aromatic rings. The molecule has 0 aliphatic carbocycles. The number of amides is 2. The number of halogens is 1. The van der Waals surface area contributed by atoms with Crippen LogP contribution in [-0.2, 0) is 16.9 Å². The molecular weight excluding hydrogens is 459 g/mol. The topological polar surface area (TPSA) is 70.8 Å². The highest BCUT2D eigenvalue weighted by atomic mass is 19.1. The molecule has 0 saturated heterocycles. The smallest absolute Gasteiger partial charge is 0.291 e. The van der Waals surface area contributed by atoms with Crippen molar-refractivity contribution >= 4 is 28.5 Å². The SMILES string of the molecule is CCCN1C(=O)c2oc3ccc(F)cc3c(=O)c2C12C(=O)N(Cc1ccc(C)cc1)c1ccccc12. The lowest BCUT2D eigenvalue weighted by atomic mass is 9.84. The van der Waals surface area contributed by atoms with E-state index in [4.69, 9.17) is 4.42 Å². The van der Waals surface area contributed by atoms with Gasteiger partial charge >= 0.3 is 0 Å². The zero-order chi connectivity index (χ0) is 25.2. The molecule has 0 bridgehead atoms. The van der Waals surface area contributed by atoms with Crippen molar-refractivity contribution in [2.45, 2.75) is 32.4 Å². The minimum absolute atomic E-state index is 0.00143. The third-order valence-electron chi connectivity index (χ3n) is 7.11. The first-order valence-electron chi connectivity index (χ1n) is 11.9. The molecule has 1 spiro atoms. The molecule has 0 fully saturated rings. The van der Waals surface area contributed by atoms with Crippen LogP contribution in [-0.4, -0.2) is 23.3 Å². The molecular formula is C29H23FN2O4. The second kappa shape index (κ2) is 7.88. The first kappa shape index (κ1) is 22.2. The molecule has 180 valence electrons. The Morgan fingerprint density at radius 2 is 1.72 bits per heavy atom. The highest BCUT2D eigenvalue weighted by Gasteiger charge is 2.64. The Morgan fingerprint density at radius 1 is 0.972 bits per heavy atom. The van der Waals surface area contributed by atoms with E-state index in [2.05, 4.69) is 0 Å². The van der Waals surface area contributed by atoms with Crippen molar-refractivity contribution < 1.29 is 18.4 Å². The normalized spacial score (nSPS) is 18.4. The number of aryl methyl sites for hydroxylation is 1. The van der Waals surface area contributed by atoms with Gasteiger partial charge in [0.25, 0.3) is 11.8 Å². The van der Waals surface area contributed by atoms with Crippen LogP contribution in [0.5, 0.6) is 0 Å². The Kier molecular flexibility index (Phi) is 4.86. The lowest BCUT2D eigenvalue weighted by Crippen LogP contribution is -2.53. The molecule has 6 nitrogen and oxygen atoms in total. The average Bonchev–Trinajstić information content (AvgIpc) is 3.26. The van der Waals surface area contributed by atoms with Gasteiger partial charge in [0, 0.05) is 12.1 Å². The fourth-order valence-electron chi connectivity index (χ4n) is 5.52. The number of benzene rings is 3. The van der Waals surface area contributed by atoms with Gasteiger partial charge in [-0.25, -0.2) is 4.39 Å². The van der Waals surface area contributed by atoms with Crippen molar-refractivity contribution in [3.63, 3.8) is 0 Å². The van der Waals surface area contributed by atoms with Crippen LogP contribution in [0.4, 0.5) is 10.1 Å². The Morgan fingerprint density at radius 3 is 2.47 bits per heavy atom. The maximum atomic E-state index is 14.5. The van der Waals surface area contributed by atoms with Gasteiger partial charge in [-0.2, -0.15) is 0 Å². The lowest BCUT2D eigenvalue weighted by molar-refractivity contribution is -0.126. The van der Waals surface area contributed by atoms with Gasteiger partial charge in [-0.1, -0.05) is 55.0 Å². The van der Waals surface area contributed by atoms with Crippen LogP contribution >= 0.6 is 0 Å². The summed E-state index contributed by atoms with van der Waals surface area (Å²) in [4.78, 5) is 45.2. The van der Waals surface area contributed by atoms with Crippen LogP contribution in [0.25, 0.3) is 11.0 Å². The second-order valence-corrected chi connectivity index (χ2v) is 9.34. The van der Waals surface area contributed by atoms with E-state index in [9.17, 15) is 18.8 Å². The number of carbonyl (C=O) groups is 2. The quantitative estimate of drug-likeness (QED) is 0.415. The fourth-order valence-corrected chi connectivity index (χ4v) is 5.52. The molecule has 0 saturated carbocycles. The van der Waals surface area contributed by atoms with Gasteiger partial charge in [-0.3, -0.25) is 14.4 Å². The molecule has 3 aromatic carbocycles. The summed E-state index contributed by atoms with van der Waals surface area (Å²) in [6.45, 7) is 4.41. The van der Waals surface area contributed by atoms with E-state index in [-0.39, 0.29) is 35.4 Å². The zero-order valence-corrected chi connectivity index (χ0v) is 19.9. The Bertz CT molecular complexity index is 1630.